The summed E-state index contributed by atoms with van der Waals surface area (Å²) in [5, 5.41) is 23.4. The minimum atomic E-state index is -1.25. The highest BCUT2D eigenvalue weighted by molar-refractivity contribution is 5.42. The molecule has 3 rings (SSSR count). The second-order valence-electron chi connectivity index (χ2n) is 5.85. The summed E-state index contributed by atoms with van der Waals surface area (Å²) in [4.78, 5) is 0. The molecule has 2 saturated heterocycles. The highest BCUT2D eigenvalue weighted by atomic mass is 19.2. The molecule has 2 N–H and O–H groups in total. The lowest BCUT2D eigenvalue weighted by molar-refractivity contribution is -0.0363. The van der Waals surface area contributed by atoms with E-state index in [0.29, 0.717) is 12.8 Å². The van der Waals surface area contributed by atoms with Crippen molar-refractivity contribution < 1.29 is 13.9 Å². The minimum absolute atomic E-state index is 0.0198. The quantitative estimate of drug-likeness (QED) is 0.829. The molecule has 0 spiro atoms. The number of aliphatic hydroxyl groups is 1. The van der Waals surface area contributed by atoms with Crippen molar-refractivity contribution in [3.63, 3.8) is 0 Å². The largest absolute Gasteiger partial charge is 0.385 e. The van der Waals surface area contributed by atoms with Gasteiger partial charge in [-0.2, -0.15) is 5.26 Å². The van der Waals surface area contributed by atoms with E-state index in [9.17, 15) is 13.9 Å². The molecule has 5 heteroatoms. The third-order valence-electron chi connectivity index (χ3n) is 4.43. The number of halogens is 2. The molecule has 1 aromatic carbocycles. The van der Waals surface area contributed by atoms with Crippen LogP contribution in [0.4, 0.5) is 8.78 Å². The molecule has 106 valence electrons. The average Bonchev–Trinajstić information content (AvgIpc) is 2.40. The van der Waals surface area contributed by atoms with E-state index in [-0.39, 0.29) is 23.2 Å². The fourth-order valence-electron chi connectivity index (χ4n) is 3.58. The van der Waals surface area contributed by atoms with Crippen LogP contribution in [-0.4, -0.2) is 17.2 Å². The zero-order valence-electron chi connectivity index (χ0n) is 11.0. The van der Waals surface area contributed by atoms with E-state index in [1.54, 1.807) is 0 Å². The Morgan fingerprint density at radius 3 is 2.40 bits per heavy atom. The first-order chi connectivity index (χ1) is 9.51. The number of piperidine rings is 2. The highest BCUT2D eigenvalue weighted by Crippen LogP contribution is 2.41. The maximum absolute atomic E-state index is 13.5. The van der Waals surface area contributed by atoms with Crippen LogP contribution in [0.25, 0.3) is 0 Å². The first kappa shape index (κ1) is 13.5. The molecule has 0 aromatic heterocycles. The predicted molar refractivity (Wildman–Crippen MR) is 68.8 cm³/mol. The van der Waals surface area contributed by atoms with E-state index < -0.39 is 17.2 Å². The molecule has 2 atom stereocenters. The number of hydrogen-bond acceptors (Lipinski definition) is 3. The van der Waals surface area contributed by atoms with Gasteiger partial charge in [-0.05, 0) is 37.8 Å². The van der Waals surface area contributed by atoms with Gasteiger partial charge < -0.3 is 10.4 Å². The molecule has 2 bridgehead atoms. The second kappa shape index (κ2) is 4.80. The lowest BCUT2D eigenvalue weighted by Crippen LogP contribution is -2.54. The molecular weight excluding hydrogens is 262 g/mol. The van der Waals surface area contributed by atoms with Crippen LogP contribution in [0, 0.1) is 23.0 Å². The number of benzene rings is 1. The van der Waals surface area contributed by atoms with E-state index in [2.05, 4.69) is 5.32 Å². The van der Waals surface area contributed by atoms with Crippen molar-refractivity contribution in [1.82, 2.24) is 5.32 Å². The summed E-state index contributed by atoms with van der Waals surface area (Å²) in [5.41, 5.74) is -1.01. The Bertz CT molecular complexity index is 570. The minimum Gasteiger partial charge on any atom is -0.385 e. The molecule has 3 nitrogen and oxygen atoms in total. The highest BCUT2D eigenvalue weighted by Gasteiger charge is 2.43. The van der Waals surface area contributed by atoms with Crippen molar-refractivity contribution in [2.45, 2.75) is 49.8 Å². The third-order valence-corrected chi connectivity index (χ3v) is 4.43. The zero-order valence-corrected chi connectivity index (χ0v) is 11.0. The van der Waals surface area contributed by atoms with E-state index in [4.69, 9.17) is 5.26 Å². The SMILES string of the molecule is N#Cc1cc(F)c(F)cc1C1(O)CC2CCCC(C1)N2. The molecular formula is C15H16F2N2O. The van der Waals surface area contributed by atoms with Gasteiger partial charge in [0.15, 0.2) is 11.6 Å². The Hall–Kier alpha value is -1.51. The van der Waals surface area contributed by atoms with E-state index in [1.807, 2.05) is 6.07 Å². The molecule has 2 heterocycles. The number of hydrogen-bond donors (Lipinski definition) is 2. The molecule has 0 amide bonds. The molecule has 2 aliphatic rings. The predicted octanol–water partition coefficient (Wildman–Crippen LogP) is 2.33. The van der Waals surface area contributed by atoms with Gasteiger partial charge in [-0.15, -0.1) is 0 Å². The van der Waals surface area contributed by atoms with E-state index in [1.165, 1.54) is 0 Å². The smallest absolute Gasteiger partial charge is 0.160 e. The fourth-order valence-corrected chi connectivity index (χ4v) is 3.58. The number of nitrogens with zero attached hydrogens (tertiary/aromatic N) is 1. The summed E-state index contributed by atoms with van der Waals surface area (Å²) < 4.78 is 26.7. The number of nitriles is 1. The molecule has 0 radical (unpaired) electrons. The van der Waals surface area contributed by atoms with Gasteiger partial charge in [0.05, 0.1) is 17.2 Å². The van der Waals surface area contributed by atoms with Gasteiger partial charge in [0.2, 0.25) is 0 Å². The first-order valence-electron chi connectivity index (χ1n) is 6.90. The van der Waals surface area contributed by atoms with Crippen LogP contribution in [0.15, 0.2) is 12.1 Å². The van der Waals surface area contributed by atoms with Crippen molar-refractivity contribution in [2.75, 3.05) is 0 Å². The number of fused-ring (bicyclic) bond motifs is 2. The van der Waals surface area contributed by atoms with Crippen LogP contribution < -0.4 is 5.32 Å². The van der Waals surface area contributed by atoms with Crippen LogP contribution in [0.5, 0.6) is 0 Å². The Morgan fingerprint density at radius 1 is 1.20 bits per heavy atom. The second-order valence-corrected chi connectivity index (χ2v) is 5.85. The Labute approximate surface area is 116 Å². The first-order valence-corrected chi connectivity index (χ1v) is 6.90. The summed E-state index contributed by atoms with van der Waals surface area (Å²) in [5.74, 6) is -2.07. The van der Waals surface area contributed by atoms with Crippen molar-refractivity contribution in [3.05, 3.63) is 34.9 Å². The average molecular weight is 278 g/mol. The molecule has 1 aromatic rings. The molecule has 20 heavy (non-hydrogen) atoms. The van der Waals surface area contributed by atoms with Crippen molar-refractivity contribution in [1.29, 1.82) is 5.26 Å². The summed E-state index contributed by atoms with van der Waals surface area (Å²) in [6.45, 7) is 0. The Morgan fingerprint density at radius 2 is 1.80 bits per heavy atom. The topological polar surface area (TPSA) is 56.0 Å². The normalized spacial score (nSPS) is 32.7. The molecule has 2 fully saturated rings. The molecule has 0 aliphatic carbocycles. The van der Waals surface area contributed by atoms with Crippen LogP contribution in [-0.2, 0) is 5.60 Å². The van der Waals surface area contributed by atoms with Gasteiger partial charge in [-0.25, -0.2) is 8.78 Å². The van der Waals surface area contributed by atoms with Gasteiger partial charge in [0.1, 0.15) is 0 Å². The maximum Gasteiger partial charge on any atom is 0.160 e. The van der Waals surface area contributed by atoms with Crippen LogP contribution >= 0.6 is 0 Å². The zero-order chi connectivity index (χ0) is 14.3. The summed E-state index contributed by atoms with van der Waals surface area (Å²) in [7, 11) is 0. The van der Waals surface area contributed by atoms with E-state index >= 15 is 0 Å². The molecule has 2 unspecified atom stereocenters. The van der Waals surface area contributed by atoms with Crippen molar-refractivity contribution >= 4 is 0 Å². The Balaban J connectivity index is 2.03. The van der Waals surface area contributed by atoms with Gasteiger partial charge in [0, 0.05) is 17.6 Å². The van der Waals surface area contributed by atoms with Crippen molar-refractivity contribution in [2.24, 2.45) is 0 Å². The van der Waals surface area contributed by atoms with Crippen LogP contribution in [0.3, 0.4) is 0 Å². The summed E-state index contributed by atoms with van der Waals surface area (Å²) in [6, 6.07) is 4.07. The molecule has 2 aliphatic heterocycles. The summed E-state index contributed by atoms with van der Waals surface area (Å²) >= 11 is 0. The van der Waals surface area contributed by atoms with Crippen LogP contribution in [0.2, 0.25) is 0 Å². The van der Waals surface area contributed by atoms with Crippen LogP contribution in [0.1, 0.15) is 43.2 Å². The summed E-state index contributed by atoms with van der Waals surface area (Å²) in [6.07, 6.45) is 3.91. The molecule has 0 saturated carbocycles. The lowest BCUT2D eigenvalue weighted by atomic mass is 9.73. The third kappa shape index (κ3) is 2.19. The number of nitrogens with one attached hydrogen (secondary N) is 1. The Kier molecular flexibility index (Phi) is 3.23. The standard InChI is InChI=1S/C15H16F2N2O/c16-13-4-9(8-18)12(5-14(13)17)15(20)6-10-2-1-3-11(7-15)19-10/h4-5,10-11,19-20H,1-3,6-7H2. The van der Waals surface area contributed by atoms with Crippen molar-refractivity contribution in [3.8, 4) is 6.07 Å². The fraction of sp³-hybridized carbons (Fsp3) is 0.533. The lowest BCUT2D eigenvalue weighted by Gasteiger charge is -2.45. The van der Waals surface area contributed by atoms with E-state index in [0.717, 1.165) is 31.4 Å². The van der Waals surface area contributed by atoms with Gasteiger partial charge >= 0.3 is 0 Å². The van der Waals surface area contributed by atoms with Gasteiger partial charge in [-0.1, -0.05) is 6.42 Å². The number of rotatable bonds is 1. The maximum atomic E-state index is 13.5. The monoisotopic (exact) mass is 278 g/mol. The van der Waals surface area contributed by atoms with Gasteiger partial charge in [0.25, 0.3) is 0 Å². The van der Waals surface area contributed by atoms with Gasteiger partial charge in [-0.3, -0.25) is 0 Å².